The highest BCUT2D eigenvalue weighted by Crippen LogP contribution is 2.31. The summed E-state index contributed by atoms with van der Waals surface area (Å²) in [5, 5.41) is 3.07. The maximum atomic E-state index is 13.4. The number of thioether (sulfide) groups is 1. The number of carbonyl (C=O) groups is 1. The van der Waals surface area contributed by atoms with Gasteiger partial charge in [0.25, 0.3) is 10.0 Å². The lowest BCUT2D eigenvalue weighted by molar-refractivity contribution is -0.119. The third-order valence-electron chi connectivity index (χ3n) is 5.00. The summed E-state index contributed by atoms with van der Waals surface area (Å²) >= 11 is 7.93. The Morgan fingerprint density at radius 2 is 1.76 bits per heavy atom. The fourth-order valence-corrected chi connectivity index (χ4v) is 5.67. The van der Waals surface area contributed by atoms with Crippen molar-refractivity contribution in [2.75, 3.05) is 30.3 Å². The monoisotopic (exact) mass is 518 g/mol. The Morgan fingerprint density at radius 1 is 1.06 bits per heavy atom. The van der Waals surface area contributed by atoms with E-state index in [2.05, 4.69) is 29.6 Å². The number of aryl methyl sites for hydroxylation is 1. The molecule has 0 radical (unpaired) electrons. The summed E-state index contributed by atoms with van der Waals surface area (Å²) in [5.41, 5.74) is 2.71. The van der Waals surface area contributed by atoms with E-state index in [0.29, 0.717) is 18.0 Å². The lowest BCUT2D eigenvalue weighted by Gasteiger charge is -2.24. The van der Waals surface area contributed by atoms with Gasteiger partial charge in [-0.05, 0) is 42.8 Å². The van der Waals surface area contributed by atoms with E-state index in [9.17, 15) is 13.2 Å². The van der Waals surface area contributed by atoms with E-state index in [1.165, 1.54) is 36.4 Å². The van der Waals surface area contributed by atoms with Crippen molar-refractivity contribution in [1.29, 1.82) is 0 Å². The molecule has 6 nitrogen and oxygen atoms in total. The van der Waals surface area contributed by atoms with Crippen molar-refractivity contribution in [2.45, 2.75) is 17.6 Å². The molecule has 3 rings (SSSR count). The lowest BCUT2D eigenvalue weighted by Crippen LogP contribution is -2.41. The Kier molecular flexibility index (Phi) is 9.27. The predicted octanol–water partition coefficient (Wildman–Crippen LogP) is 4.90. The van der Waals surface area contributed by atoms with Crippen molar-refractivity contribution in [3.05, 3.63) is 88.9 Å². The summed E-state index contributed by atoms with van der Waals surface area (Å²) in [6.45, 7) is 2.11. The largest absolute Gasteiger partial charge is 0.495 e. The molecule has 3 aromatic carbocycles. The Morgan fingerprint density at radius 3 is 2.41 bits per heavy atom. The first-order chi connectivity index (χ1) is 16.3. The molecule has 1 amide bonds. The number of hydrogen-bond acceptors (Lipinski definition) is 5. The highest BCUT2D eigenvalue weighted by Gasteiger charge is 2.27. The van der Waals surface area contributed by atoms with Crippen molar-refractivity contribution < 1.29 is 17.9 Å². The number of amides is 1. The van der Waals surface area contributed by atoms with E-state index in [1.54, 1.807) is 42.1 Å². The minimum atomic E-state index is -3.99. The molecular weight excluding hydrogens is 492 g/mol. The fourth-order valence-electron chi connectivity index (χ4n) is 3.17. The second-order valence-electron chi connectivity index (χ2n) is 7.53. The number of methoxy groups -OCH3 is 1. The molecule has 0 saturated heterocycles. The Labute approximate surface area is 210 Å². The first-order valence-electron chi connectivity index (χ1n) is 10.6. The number of halogens is 1. The number of rotatable bonds is 11. The third kappa shape index (κ3) is 6.91. The summed E-state index contributed by atoms with van der Waals surface area (Å²) in [7, 11) is -2.52. The molecule has 3 aromatic rings. The summed E-state index contributed by atoms with van der Waals surface area (Å²) in [4.78, 5) is 12.8. The van der Waals surface area contributed by atoms with Crippen LogP contribution in [0.5, 0.6) is 5.75 Å². The standard InChI is InChI=1S/C25H27ClN2O4S2/c1-19-8-10-20(11-9-19)18-33-15-14-27-25(29)17-28(21-12-13-24(32-2)23(26)16-21)34(30,31)22-6-4-3-5-7-22/h3-13,16H,14-15,17-18H2,1-2H3,(H,27,29). The number of anilines is 1. The van der Waals surface area contributed by atoms with Crippen LogP contribution in [-0.4, -0.2) is 40.3 Å². The number of nitrogens with one attached hydrogen (secondary N) is 1. The number of benzene rings is 3. The van der Waals surface area contributed by atoms with Gasteiger partial charge >= 0.3 is 0 Å². The molecule has 0 aliphatic heterocycles. The van der Waals surface area contributed by atoms with Crippen LogP contribution in [-0.2, 0) is 20.6 Å². The normalized spacial score (nSPS) is 11.1. The molecule has 0 bridgehead atoms. The smallest absolute Gasteiger partial charge is 0.264 e. The highest BCUT2D eigenvalue weighted by atomic mass is 35.5. The maximum absolute atomic E-state index is 13.4. The first-order valence-corrected chi connectivity index (χ1v) is 13.6. The second-order valence-corrected chi connectivity index (χ2v) is 10.9. The molecule has 0 aliphatic carbocycles. The van der Waals surface area contributed by atoms with Crippen LogP contribution in [0.4, 0.5) is 5.69 Å². The Hall–Kier alpha value is -2.68. The molecule has 9 heteroatoms. The zero-order valence-corrected chi connectivity index (χ0v) is 21.4. The average Bonchev–Trinajstić information content (AvgIpc) is 2.84. The van der Waals surface area contributed by atoms with Gasteiger partial charge in [-0.3, -0.25) is 9.10 Å². The molecule has 0 atom stereocenters. The van der Waals surface area contributed by atoms with Gasteiger partial charge in [0.1, 0.15) is 12.3 Å². The summed E-state index contributed by atoms with van der Waals surface area (Å²) in [6, 6.07) is 20.9. The fraction of sp³-hybridized carbons (Fsp3) is 0.240. The number of ether oxygens (including phenoxy) is 1. The van der Waals surface area contributed by atoms with Crippen molar-refractivity contribution in [2.24, 2.45) is 0 Å². The molecular formula is C25H27ClN2O4S2. The van der Waals surface area contributed by atoms with Crippen LogP contribution in [0.2, 0.25) is 5.02 Å². The van der Waals surface area contributed by atoms with Crippen molar-refractivity contribution in [1.82, 2.24) is 5.32 Å². The number of nitrogens with zero attached hydrogens (tertiary/aromatic N) is 1. The van der Waals surface area contributed by atoms with Crippen LogP contribution >= 0.6 is 23.4 Å². The SMILES string of the molecule is COc1ccc(N(CC(=O)NCCSCc2ccc(C)cc2)S(=O)(=O)c2ccccc2)cc1Cl. The summed E-state index contributed by atoms with van der Waals surface area (Å²) in [5.74, 6) is 1.56. The molecule has 0 unspecified atom stereocenters. The zero-order valence-electron chi connectivity index (χ0n) is 19.0. The minimum absolute atomic E-state index is 0.0865. The van der Waals surface area contributed by atoms with Crippen LogP contribution in [0.1, 0.15) is 11.1 Å². The van der Waals surface area contributed by atoms with Gasteiger partial charge in [-0.15, -0.1) is 0 Å². The van der Waals surface area contributed by atoms with Gasteiger partial charge in [-0.1, -0.05) is 59.6 Å². The maximum Gasteiger partial charge on any atom is 0.264 e. The van der Waals surface area contributed by atoms with Crippen LogP contribution < -0.4 is 14.4 Å². The molecule has 0 aromatic heterocycles. The average molecular weight is 519 g/mol. The number of sulfonamides is 1. The molecule has 0 aliphatic rings. The zero-order chi connectivity index (χ0) is 24.6. The topological polar surface area (TPSA) is 75.7 Å². The highest BCUT2D eigenvalue weighted by molar-refractivity contribution is 7.98. The van der Waals surface area contributed by atoms with Crippen molar-refractivity contribution in [3.63, 3.8) is 0 Å². The van der Waals surface area contributed by atoms with Gasteiger partial charge in [0.05, 0.1) is 22.7 Å². The molecule has 0 saturated carbocycles. The van der Waals surface area contributed by atoms with E-state index in [4.69, 9.17) is 16.3 Å². The number of carbonyl (C=O) groups excluding carboxylic acids is 1. The van der Waals surface area contributed by atoms with Gasteiger partial charge in [-0.25, -0.2) is 8.42 Å². The third-order valence-corrected chi connectivity index (χ3v) is 8.11. The summed E-state index contributed by atoms with van der Waals surface area (Å²) in [6.07, 6.45) is 0. The predicted molar refractivity (Wildman–Crippen MR) is 139 cm³/mol. The second kappa shape index (κ2) is 12.1. The van der Waals surface area contributed by atoms with Crippen LogP contribution in [0, 0.1) is 6.92 Å². The van der Waals surface area contributed by atoms with E-state index in [-0.39, 0.29) is 22.2 Å². The first kappa shape index (κ1) is 25.9. The van der Waals surface area contributed by atoms with E-state index in [1.807, 2.05) is 6.92 Å². The molecule has 0 fully saturated rings. The van der Waals surface area contributed by atoms with Crippen molar-refractivity contribution >= 4 is 45.0 Å². The van der Waals surface area contributed by atoms with Crippen molar-refractivity contribution in [3.8, 4) is 5.75 Å². The van der Waals surface area contributed by atoms with Gasteiger partial charge < -0.3 is 10.1 Å². The Bertz CT molecular complexity index is 1200. The molecule has 34 heavy (non-hydrogen) atoms. The van der Waals surface area contributed by atoms with Gasteiger partial charge in [0, 0.05) is 18.1 Å². The molecule has 0 spiro atoms. The molecule has 1 N–H and O–H groups in total. The van der Waals surface area contributed by atoms with E-state index < -0.39 is 15.9 Å². The number of hydrogen-bond donors (Lipinski definition) is 1. The van der Waals surface area contributed by atoms with Gasteiger partial charge in [0.2, 0.25) is 5.91 Å². The molecule has 180 valence electrons. The quantitative estimate of drug-likeness (QED) is 0.365. The summed E-state index contributed by atoms with van der Waals surface area (Å²) < 4.78 is 32.9. The van der Waals surface area contributed by atoms with Gasteiger partial charge in [-0.2, -0.15) is 11.8 Å². The molecule has 0 heterocycles. The van der Waals surface area contributed by atoms with Gasteiger partial charge in [0.15, 0.2) is 0 Å². The van der Waals surface area contributed by atoms with Crippen LogP contribution in [0.25, 0.3) is 0 Å². The van der Waals surface area contributed by atoms with Crippen LogP contribution in [0.3, 0.4) is 0 Å². The van der Waals surface area contributed by atoms with Crippen LogP contribution in [0.15, 0.2) is 77.7 Å². The van der Waals surface area contributed by atoms with E-state index in [0.717, 1.165) is 10.1 Å². The Balaban J connectivity index is 1.67. The lowest BCUT2D eigenvalue weighted by atomic mass is 10.2. The minimum Gasteiger partial charge on any atom is -0.495 e. The van der Waals surface area contributed by atoms with E-state index >= 15 is 0 Å².